The van der Waals surface area contributed by atoms with Gasteiger partial charge in [-0.3, -0.25) is 19.3 Å². The van der Waals surface area contributed by atoms with E-state index in [4.69, 9.17) is 16.3 Å². The number of carbonyl (C=O) groups excluding carboxylic acids is 3. The molecule has 7 heteroatoms. The molecule has 3 amide bonds. The van der Waals surface area contributed by atoms with Crippen LogP contribution in [-0.2, 0) is 4.79 Å². The van der Waals surface area contributed by atoms with Crippen molar-refractivity contribution in [2.75, 3.05) is 6.61 Å². The molecule has 0 fully saturated rings. The molecule has 2 aliphatic rings. The minimum atomic E-state index is -0.909. The average molecular weight is 413 g/mol. The molecule has 29 heavy (non-hydrogen) atoms. The van der Waals surface area contributed by atoms with Crippen molar-refractivity contribution < 1.29 is 19.1 Å². The number of nitrogens with zero attached hydrogens (tertiary/aromatic N) is 1. The smallest absolute Gasteiger partial charge is 0.262 e. The maximum Gasteiger partial charge on any atom is 0.262 e. The van der Waals surface area contributed by atoms with Crippen LogP contribution in [0.4, 0.5) is 0 Å². The van der Waals surface area contributed by atoms with Gasteiger partial charge < -0.3 is 10.1 Å². The average Bonchev–Trinajstić information content (AvgIpc) is 2.94. The highest BCUT2D eigenvalue weighted by atomic mass is 35.5. The minimum absolute atomic E-state index is 0.254. The van der Waals surface area contributed by atoms with Crippen molar-refractivity contribution in [1.82, 2.24) is 10.2 Å². The standard InChI is InChI=1S/C22H21ClN2O4/c1-12(2)19(25-21(27)14-5-3-4-6-15(14)22(25)28)20(26)24-17-9-10-29-18-8-7-13(23)11-16(17)18/h3-8,11-12,17,19H,9-10H2,1-2H3,(H,24,26). The molecule has 0 aliphatic carbocycles. The molecule has 0 aromatic heterocycles. The second-order valence-electron chi connectivity index (χ2n) is 7.60. The maximum atomic E-state index is 13.2. The number of fused-ring (bicyclic) bond motifs is 2. The van der Waals surface area contributed by atoms with Gasteiger partial charge in [0, 0.05) is 17.0 Å². The molecule has 6 nitrogen and oxygen atoms in total. The normalized spacial score (nSPS) is 18.9. The van der Waals surface area contributed by atoms with Gasteiger partial charge in [-0.25, -0.2) is 0 Å². The summed E-state index contributed by atoms with van der Waals surface area (Å²) in [4.78, 5) is 40.1. The number of ether oxygens (including phenoxy) is 1. The summed E-state index contributed by atoms with van der Waals surface area (Å²) in [5, 5.41) is 3.56. The van der Waals surface area contributed by atoms with Crippen molar-refractivity contribution in [2.45, 2.75) is 32.4 Å². The Kier molecular flexibility index (Phi) is 5.04. The lowest BCUT2D eigenvalue weighted by Crippen LogP contribution is -2.53. The molecule has 1 N–H and O–H groups in total. The van der Waals surface area contributed by atoms with E-state index in [0.717, 1.165) is 10.5 Å². The third-order valence-electron chi connectivity index (χ3n) is 5.33. The van der Waals surface area contributed by atoms with Gasteiger partial charge in [-0.05, 0) is 36.2 Å². The molecular formula is C22H21ClN2O4. The van der Waals surface area contributed by atoms with E-state index in [0.29, 0.717) is 34.9 Å². The van der Waals surface area contributed by atoms with Crippen LogP contribution in [0.2, 0.25) is 5.02 Å². The zero-order valence-corrected chi connectivity index (χ0v) is 16.9. The number of carbonyl (C=O) groups is 3. The van der Waals surface area contributed by atoms with E-state index in [2.05, 4.69) is 5.32 Å². The molecule has 4 rings (SSSR count). The Bertz CT molecular complexity index is 969. The lowest BCUT2D eigenvalue weighted by atomic mass is 9.97. The Labute approximate surface area is 173 Å². The van der Waals surface area contributed by atoms with Crippen molar-refractivity contribution in [3.63, 3.8) is 0 Å². The maximum absolute atomic E-state index is 13.2. The van der Waals surface area contributed by atoms with Crippen molar-refractivity contribution in [3.05, 3.63) is 64.2 Å². The van der Waals surface area contributed by atoms with Crippen LogP contribution >= 0.6 is 11.6 Å². The van der Waals surface area contributed by atoms with E-state index in [1.165, 1.54) is 0 Å². The lowest BCUT2D eigenvalue weighted by Gasteiger charge is -2.32. The van der Waals surface area contributed by atoms with Crippen molar-refractivity contribution in [3.8, 4) is 5.75 Å². The molecule has 2 aromatic rings. The number of amides is 3. The monoisotopic (exact) mass is 412 g/mol. The zero-order chi connectivity index (χ0) is 20.7. The molecule has 150 valence electrons. The molecule has 2 unspecified atom stereocenters. The fraction of sp³-hybridized carbons (Fsp3) is 0.318. The summed E-state index contributed by atoms with van der Waals surface area (Å²) < 4.78 is 5.65. The molecule has 0 radical (unpaired) electrons. The second kappa shape index (κ2) is 7.52. The SMILES string of the molecule is CC(C)C(C(=O)NC1CCOc2ccc(Cl)cc21)N1C(=O)c2ccccc2C1=O. The quantitative estimate of drug-likeness (QED) is 0.778. The van der Waals surface area contributed by atoms with Gasteiger partial charge >= 0.3 is 0 Å². The molecular weight excluding hydrogens is 392 g/mol. The molecule has 2 atom stereocenters. The van der Waals surface area contributed by atoms with Crippen LogP contribution in [0.25, 0.3) is 0 Å². The molecule has 0 saturated carbocycles. The van der Waals surface area contributed by atoms with Crippen molar-refractivity contribution >= 4 is 29.3 Å². The highest BCUT2D eigenvalue weighted by molar-refractivity contribution is 6.30. The van der Waals surface area contributed by atoms with Crippen LogP contribution in [0.15, 0.2) is 42.5 Å². The van der Waals surface area contributed by atoms with Crippen LogP contribution in [0.3, 0.4) is 0 Å². The Balaban J connectivity index is 1.62. The molecule has 0 saturated heterocycles. The number of benzene rings is 2. The summed E-state index contributed by atoms with van der Waals surface area (Å²) in [6.07, 6.45) is 0.575. The van der Waals surface area contributed by atoms with Gasteiger partial charge in [0.2, 0.25) is 5.91 Å². The van der Waals surface area contributed by atoms with E-state index in [9.17, 15) is 14.4 Å². The first-order valence-corrected chi connectivity index (χ1v) is 9.96. The number of hydrogen-bond donors (Lipinski definition) is 1. The van der Waals surface area contributed by atoms with Gasteiger partial charge in [-0.1, -0.05) is 37.6 Å². The predicted molar refractivity (Wildman–Crippen MR) is 108 cm³/mol. The number of hydrogen-bond acceptors (Lipinski definition) is 4. The van der Waals surface area contributed by atoms with E-state index in [1.807, 2.05) is 13.8 Å². The van der Waals surface area contributed by atoms with Crippen molar-refractivity contribution in [1.29, 1.82) is 0 Å². The minimum Gasteiger partial charge on any atom is -0.493 e. The highest BCUT2D eigenvalue weighted by Gasteiger charge is 2.44. The third kappa shape index (κ3) is 3.38. The lowest BCUT2D eigenvalue weighted by molar-refractivity contribution is -0.127. The van der Waals surface area contributed by atoms with Gasteiger partial charge in [-0.15, -0.1) is 0 Å². The first-order valence-electron chi connectivity index (χ1n) is 9.58. The van der Waals surface area contributed by atoms with E-state index in [-0.39, 0.29) is 17.9 Å². The van der Waals surface area contributed by atoms with Gasteiger partial charge in [0.25, 0.3) is 11.8 Å². The van der Waals surface area contributed by atoms with Gasteiger partial charge in [0.1, 0.15) is 11.8 Å². The van der Waals surface area contributed by atoms with Gasteiger partial charge in [0.05, 0.1) is 23.8 Å². The number of halogens is 1. The van der Waals surface area contributed by atoms with E-state index in [1.54, 1.807) is 42.5 Å². The summed E-state index contributed by atoms with van der Waals surface area (Å²) >= 11 is 6.12. The van der Waals surface area contributed by atoms with Crippen LogP contribution in [-0.4, -0.2) is 35.3 Å². The van der Waals surface area contributed by atoms with Gasteiger partial charge in [0.15, 0.2) is 0 Å². The molecule has 2 aromatic carbocycles. The van der Waals surface area contributed by atoms with E-state index < -0.39 is 17.9 Å². The van der Waals surface area contributed by atoms with Crippen molar-refractivity contribution in [2.24, 2.45) is 5.92 Å². The summed E-state index contributed by atoms with van der Waals surface area (Å²) in [5.41, 5.74) is 1.46. The summed E-state index contributed by atoms with van der Waals surface area (Å²) in [6, 6.07) is 10.7. The third-order valence-corrected chi connectivity index (χ3v) is 5.57. The predicted octanol–water partition coefficient (Wildman–Crippen LogP) is 3.60. The Morgan fingerprint density at radius 3 is 2.41 bits per heavy atom. The molecule has 2 aliphatic heterocycles. The topological polar surface area (TPSA) is 75.7 Å². The Morgan fingerprint density at radius 1 is 1.14 bits per heavy atom. The number of rotatable bonds is 4. The van der Waals surface area contributed by atoms with Gasteiger partial charge in [-0.2, -0.15) is 0 Å². The van der Waals surface area contributed by atoms with E-state index >= 15 is 0 Å². The highest BCUT2D eigenvalue weighted by Crippen LogP contribution is 2.35. The number of imide groups is 1. The van der Waals surface area contributed by atoms with Crippen LogP contribution < -0.4 is 10.1 Å². The second-order valence-corrected chi connectivity index (χ2v) is 8.03. The number of nitrogens with one attached hydrogen (secondary N) is 1. The fourth-order valence-corrected chi connectivity index (χ4v) is 4.13. The summed E-state index contributed by atoms with van der Waals surface area (Å²) in [7, 11) is 0. The molecule has 0 spiro atoms. The molecule has 2 heterocycles. The molecule has 0 bridgehead atoms. The summed E-state index contributed by atoms with van der Waals surface area (Å²) in [6.45, 7) is 4.10. The van der Waals surface area contributed by atoms with Crippen LogP contribution in [0.1, 0.15) is 52.6 Å². The zero-order valence-electron chi connectivity index (χ0n) is 16.1. The first-order chi connectivity index (χ1) is 13.9. The first kappa shape index (κ1) is 19.5. The fourth-order valence-electron chi connectivity index (χ4n) is 3.95. The Morgan fingerprint density at radius 2 is 1.79 bits per heavy atom. The largest absolute Gasteiger partial charge is 0.493 e. The van der Waals surface area contributed by atoms with Crippen LogP contribution in [0, 0.1) is 5.92 Å². The Hall–Kier alpha value is -2.86. The summed E-state index contributed by atoms with van der Waals surface area (Å²) in [5.74, 6) is -0.819. The van der Waals surface area contributed by atoms with Crippen LogP contribution in [0.5, 0.6) is 5.75 Å².